The van der Waals surface area contributed by atoms with E-state index in [0.717, 1.165) is 36.2 Å². The van der Waals surface area contributed by atoms with Crippen molar-refractivity contribution >= 4 is 11.6 Å². The number of benzene rings is 1. The van der Waals surface area contributed by atoms with Crippen molar-refractivity contribution in [2.75, 3.05) is 0 Å². The highest BCUT2D eigenvalue weighted by Crippen LogP contribution is 2.42. The molecule has 0 spiro atoms. The SMILES string of the molecule is Fc1ccc(CCC2CCC(C3CCC(/C=C/Cl)CC3)CC2)cc1F. The third-order valence-corrected chi connectivity index (χ3v) is 6.69. The van der Waals surface area contributed by atoms with E-state index >= 15 is 0 Å². The fourth-order valence-corrected chi connectivity index (χ4v) is 5.13. The summed E-state index contributed by atoms with van der Waals surface area (Å²) in [4.78, 5) is 0. The fourth-order valence-electron chi connectivity index (χ4n) is 4.93. The lowest BCUT2D eigenvalue weighted by molar-refractivity contribution is 0.153. The average molecular weight is 367 g/mol. The summed E-state index contributed by atoms with van der Waals surface area (Å²) < 4.78 is 26.3. The quantitative estimate of drug-likeness (QED) is 0.514. The second-order valence-corrected chi connectivity index (χ2v) is 8.31. The summed E-state index contributed by atoms with van der Waals surface area (Å²) in [5.41, 5.74) is 2.61. The number of rotatable bonds is 5. The van der Waals surface area contributed by atoms with Crippen LogP contribution in [0, 0.1) is 35.3 Å². The maximum atomic E-state index is 13.3. The van der Waals surface area contributed by atoms with E-state index in [1.165, 1.54) is 63.5 Å². The molecule has 2 fully saturated rings. The first-order valence-electron chi connectivity index (χ1n) is 9.86. The van der Waals surface area contributed by atoms with E-state index in [2.05, 4.69) is 6.08 Å². The van der Waals surface area contributed by atoms with Crippen molar-refractivity contribution in [3.8, 4) is 0 Å². The molecule has 2 aliphatic rings. The van der Waals surface area contributed by atoms with E-state index in [-0.39, 0.29) is 0 Å². The van der Waals surface area contributed by atoms with Gasteiger partial charge in [0.15, 0.2) is 11.6 Å². The minimum atomic E-state index is -0.750. The van der Waals surface area contributed by atoms with Gasteiger partial charge in [-0.2, -0.15) is 0 Å². The molecule has 25 heavy (non-hydrogen) atoms. The van der Waals surface area contributed by atoms with E-state index in [4.69, 9.17) is 11.6 Å². The predicted molar refractivity (Wildman–Crippen MR) is 101 cm³/mol. The van der Waals surface area contributed by atoms with Crippen LogP contribution in [0.5, 0.6) is 0 Å². The summed E-state index contributed by atoms with van der Waals surface area (Å²) in [5.74, 6) is 1.79. The van der Waals surface area contributed by atoms with Crippen LogP contribution in [-0.2, 0) is 6.42 Å². The van der Waals surface area contributed by atoms with Crippen molar-refractivity contribution < 1.29 is 8.78 Å². The Morgan fingerprint density at radius 1 is 0.880 bits per heavy atom. The first-order valence-corrected chi connectivity index (χ1v) is 10.3. The van der Waals surface area contributed by atoms with Gasteiger partial charge >= 0.3 is 0 Å². The van der Waals surface area contributed by atoms with Crippen molar-refractivity contribution in [3.63, 3.8) is 0 Å². The minimum absolute atomic E-state index is 0.696. The van der Waals surface area contributed by atoms with Crippen LogP contribution in [0.25, 0.3) is 0 Å². The predicted octanol–water partition coefficient (Wildman–Crippen LogP) is 7.26. The summed E-state index contributed by atoms with van der Waals surface area (Å²) in [5, 5.41) is 0. The molecule has 0 atom stereocenters. The zero-order chi connectivity index (χ0) is 17.6. The number of aryl methyl sites for hydroxylation is 1. The Hall–Kier alpha value is -0.890. The molecule has 0 aromatic heterocycles. The van der Waals surface area contributed by atoms with Gasteiger partial charge < -0.3 is 0 Å². The molecule has 1 aromatic carbocycles. The lowest BCUT2D eigenvalue weighted by Crippen LogP contribution is -2.25. The second-order valence-electron chi connectivity index (χ2n) is 8.06. The fraction of sp³-hybridized carbons (Fsp3) is 0.636. The molecule has 2 aliphatic carbocycles. The number of halogens is 3. The van der Waals surface area contributed by atoms with Crippen LogP contribution in [0.3, 0.4) is 0 Å². The summed E-state index contributed by atoms with van der Waals surface area (Å²) in [6, 6.07) is 4.32. The van der Waals surface area contributed by atoms with Crippen molar-refractivity contribution in [3.05, 3.63) is 47.0 Å². The Morgan fingerprint density at radius 2 is 1.52 bits per heavy atom. The molecule has 0 radical (unpaired) electrons. The van der Waals surface area contributed by atoms with Crippen LogP contribution >= 0.6 is 11.6 Å². The molecule has 0 nitrogen and oxygen atoms in total. The number of allylic oxidation sites excluding steroid dienone is 1. The molecule has 0 unspecified atom stereocenters. The van der Waals surface area contributed by atoms with E-state index in [1.807, 2.05) is 0 Å². The smallest absolute Gasteiger partial charge is 0.159 e. The van der Waals surface area contributed by atoms with Crippen molar-refractivity contribution in [1.82, 2.24) is 0 Å². The average Bonchev–Trinajstić information content (AvgIpc) is 2.64. The molecule has 138 valence electrons. The van der Waals surface area contributed by atoms with Gasteiger partial charge in [0.25, 0.3) is 0 Å². The first-order chi connectivity index (χ1) is 12.2. The molecule has 0 N–H and O–H groups in total. The number of hydrogen-bond acceptors (Lipinski definition) is 0. The van der Waals surface area contributed by atoms with Gasteiger partial charge in [-0.15, -0.1) is 0 Å². The van der Waals surface area contributed by atoms with Crippen LogP contribution in [0.15, 0.2) is 29.8 Å². The van der Waals surface area contributed by atoms with E-state index in [1.54, 1.807) is 11.6 Å². The molecular formula is C22H29ClF2. The molecule has 3 heteroatoms. The van der Waals surface area contributed by atoms with Gasteiger partial charge in [-0.3, -0.25) is 0 Å². The zero-order valence-electron chi connectivity index (χ0n) is 14.9. The van der Waals surface area contributed by atoms with Crippen LogP contribution in [0.4, 0.5) is 8.78 Å². The molecule has 1 aromatic rings. The normalized spacial score (nSPS) is 30.7. The third kappa shape index (κ3) is 5.29. The van der Waals surface area contributed by atoms with E-state index in [0.29, 0.717) is 5.92 Å². The summed E-state index contributed by atoms with van der Waals surface area (Å²) in [6.45, 7) is 0. The molecular weight excluding hydrogens is 338 g/mol. The maximum absolute atomic E-state index is 13.3. The molecule has 0 amide bonds. The first kappa shape index (κ1) is 18.9. The van der Waals surface area contributed by atoms with Gasteiger partial charge in [-0.1, -0.05) is 36.6 Å². The molecule has 0 bridgehead atoms. The molecule has 0 aliphatic heterocycles. The summed E-state index contributed by atoms with van der Waals surface area (Å²) in [6.07, 6.45) is 14.7. The van der Waals surface area contributed by atoms with Crippen LogP contribution < -0.4 is 0 Å². The summed E-state index contributed by atoms with van der Waals surface area (Å²) >= 11 is 5.71. The second kappa shape index (κ2) is 9.16. The van der Waals surface area contributed by atoms with Gasteiger partial charge in [-0.25, -0.2) is 8.78 Å². The van der Waals surface area contributed by atoms with E-state index in [9.17, 15) is 8.78 Å². The molecule has 2 saturated carbocycles. The highest BCUT2D eigenvalue weighted by Gasteiger charge is 2.30. The Morgan fingerprint density at radius 3 is 2.12 bits per heavy atom. The minimum Gasteiger partial charge on any atom is -0.204 e. The Bertz CT molecular complexity index is 567. The largest absolute Gasteiger partial charge is 0.204 e. The van der Waals surface area contributed by atoms with E-state index < -0.39 is 11.6 Å². The molecule has 0 saturated heterocycles. The van der Waals surface area contributed by atoms with Crippen molar-refractivity contribution in [1.29, 1.82) is 0 Å². The molecule has 3 rings (SSSR count). The Labute approximate surface area is 155 Å². The van der Waals surface area contributed by atoms with Crippen LogP contribution in [-0.4, -0.2) is 0 Å². The third-order valence-electron chi connectivity index (χ3n) is 6.54. The number of hydrogen-bond donors (Lipinski definition) is 0. The highest BCUT2D eigenvalue weighted by atomic mass is 35.5. The van der Waals surface area contributed by atoms with Gasteiger partial charge in [0.05, 0.1) is 0 Å². The van der Waals surface area contributed by atoms with Crippen molar-refractivity contribution in [2.45, 2.75) is 64.2 Å². The van der Waals surface area contributed by atoms with Crippen LogP contribution in [0.1, 0.15) is 63.4 Å². The highest BCUT2D eigenvalue weighted by molar-refractivity contribution is 6.25. The standard InChI is InChI=1S/C22H29ClF2/c23-14-13-17-5-10-20(11-6-17)19-8-3-16(4-9-19)1-2-18-7-12-21(24)22(25)15-18/h7,12-17,19-20H,1-6,8-11H2/b14-13+. The van der Waals surface area contributed by atoms with Crippen molar-refractivity contribution in [2.24, 2.45) is 23.7 Å². The summed E-state index contributed by atoms with van der Waals surface area (Å²) in [7, 11) is 0. The topological polar surface area (TPSA) is 0 Å². The lowest BCUT2D eigenvalue weighted by Gasteiger charge is -2.37. The Balaban J connectivity index is 1.39. The maximum Gasteiger partial charge on any atom is 0.159 e. The zero-order valence-corrected chi connectivity index (χ0v) is 15.7. The monoisotopic (exact) mass is 366 g/mol. The van der Waals surface area contributed by atoms with Gasteiger partial charge in [-0.05, 0) is 92.7 Å². The van der Waals surface area contributed by atoms with Gasteiger partial charge in [0.2, 0.25) is 0 Å². The molecule has 0 heterocycles. The van der Waals surface area contributed by atoms with Crippen LogP contribution in [0.2, 0.25) is 0 Å². The van der Waals surface area contributed by atoms with Gasteiger partial charge in [0.1, 0.15) is 0 Å². The lowest BCUT2D eigenvalue weighted by atomic mass is 9.68. The van der Waals surface area contributed by atoms with Gasteiger partial charge in [0, 0.05) is 5.54 Å². The Kier molecular flexibility index (Phi) is 6.92.